The number of benzene rings is 3. The van der Waals surface area contributed by atoms with E-state index in [9.17, 15) is 14.4 Å². The van der Waals surface area contributed by atoms with Crippen LogP contribution in [-0.2, 0) is 20.9 Å². The number of carbonyl (C=O) groups excluding carboxylic acids is 3. The van der Waals surface area contributed by atoms with Crippen molar-refractivity contribution in [3.8, 4) is 0 Å². The topological polar surface area (TPSA) is 79.0 Å². The SMILES string of the molecule is COC(=O)c1ccc(N2C(=O)CC(N(Cc3ccc(Cl)cc3)C(=S)Nc3ccccc3)C2=O)cc1. The van der Waals surface area contributed by atoms with Gasteiger partial charge in [0.05, 0.1) is 24.8 Å². The summed E-state index contributed by atoms with van der Waals surface area (Å²) in [5, 5.41) is 4.08. The molecule has 1 fully saturated rings. The molecule has 0 radical (unpaired) electrons. The molecule has 7 nitrogen and oxygen atoms in total. The van der Waals surface area contributed by atoms with Gasteiger partial charge in [-0.15, -0.1) is 0 Å². The van der Waals surface area contributed by atoms with E-state index in [1.54, 1.807) is 29.2 Å². The van der Waals surface area contributed by atoms with Crippen molar-refractivity contribution in [1.82, 2.24) is 4.90 Å². The number of carbonyl (C=O) groups is 3. The molecule has 1 saturated heterocycles. The minimum atomic E-state index is -0.804. The number of anilines is 2. The van der Waals surface area contributed by atoms with Crippen molar-refractivity contribution in [2.45, 2.75) is 19.0 Å². The summed E-state index contributed by atoms with van der Waals surface area (Å²) in [6.45, 7) is 0.300. The van der Waals surface area contributed by atoms with Gasteiger partial charge < -0.3 is 15.0 Å². The predicted molar refractivity (Wildman–Crippen MR) is 138 cm³/mol. The van der Waals surface area contributed by atoms with Crippen LogP contribution in [0.4, 0.5) is 11.4 Å². The minimum Gasteiger partial charge on any atom is -0.465 e. The van der Waals surface area contributed by atoms with Crippen molar-refractivity contribution < 1.29 is 19.1 Å². The van der Waals surface area contributed by atoms with Gasteiger partial charge in [0.15, 0.2) is 5.11 Å². The number of amides is 2. The Morgan fingerprint density at radius 2 is 1.71 bits per heavy atom. The summed E-state index contributed by atoms with van der Waals surface area (Å²) in [4.78, 5) is 41.0. The highest BCUT2D eigenvalue weighted by atomic mass is 35.5. The summed E-state index contributed by atoms with van der Waals surface area (Å²) < 4.78 is 4.71. The number of ether oxygens (including phenoxy) is 1. The molecule has 0 aliphatic carbocycles. The van der Waals surface area contributed by atoms with Crippen LogP contribution in [0.15, 0.2) is 78.9 Å². The van der Waals surface area contributed by atoms with E-state index in [0.717, 1.165) is 16.2 Å². The Bertz CT molecular complexity index is 1250. The van der Waals surface area contributed by atoms with Crippen molar-refractivity contribution >= 4 is 58.1 Å². The third-order valence-electron chi connectivity index (χ3n) is 5.60. The van der Waals surface area contributed by atoms with Crippen LogP contribution in [0.3, 0.4) is 0 Å². The molecule has 0 saturated carbocycles. The van der Waals surface area contributed by atoms with Gasteiger partial charge in [0.1, 0.15) is 6.04 Å². The first-order chi connectivity index (χ1) is 16.9. The smallest absolute Gasteiger partial charge is 0.337 e. The van der Waals surface area contributed by atoms with Crippen molar-refractivity contribution in [3.63, 3.8) is 0 Å². The van der Waals surface area contributed by atoms with Crippen LogP contribution in [0.5, 0.6) is 0 Å². The van der Waals surface area contributed by atoms with E-state index >= 15 is 0 Å². The summed E-state index contributed by atoms with van der Waals surface area (Å²) in [5.74, 6) is -1.25. The summed E-state index contributed by atoms with van der Waals surface area (Å²) in [6.07, 6.45) is -0.0399. The highest BCUT2D eigenvalue weighted by molar-refractivity contribution is 7.80. The molecule has 3 aromatic rings. The van der Waals surface area contributed by atoms with Gasteiger partial charge in [-0.05, 0) is 66.3 Å². The minimum absolute atomic E-state index is 0.0399. The lowest BCUT2D eigenvalue weighted by Gasteiger charge is -2.30. The molecule has 35 heavy (non-hydrogen) atoms. The van der Waals surface area contributed by atoms with E-state index in [0.29, 0.717) is 27.9 Å². The van der Waals surface area contributed by atoms with Crippen LogP contribution in [-0.4, -0.2) is 40.9 Å². The lowest BCUT2D eigenvalue weighted by molar-refractivity contribution is -0.122. The first-order valence-corrected chi connectivity index (χ1v) is 11.6. The second kappa shape index (κ2) is 10.7. The molecule has 3 aromatic carbocycles. The third kappa shape index (κ3) is 5.50. The predicted octanol–water partition coefficient (Wildman–Crippen LogP) is 4.66. The van der Waals surface area contributed by atoms with Crippen LogP contribution in [0.2, 0.25) is 5.02 Å². The summed E-state index contributed by atoms with van der Waals surface area (Å²) >= 11 is 11.7. The van der Waals surface area contributed by atoms with E-state index in [-0.39, 0.29) is 12.3 Å². The van der Waals surface area contributed by atoms with Gasteiger partial charge in [-0.3, -0.25) is 9.59 Å². The molecule has 0 bridgehead atoms. The molecular weight excluding hydrogens is 486 g/mol. The number of nitrogens with zero attached hydrogens (tertiary/aromatic N) is 2. The van der Waals surface area contributed by atoms with Crippen molar-refractivity contribution in [1.29, 1.82) is 0 Å². The average molecular weight is 508 g/mol. The molecule has 178 valence electrons. The fourth-order valence-electron chi connectivity index (χ4n) is 3.82. The van der Waals surface area contributed by atoms with E-state index in [1.165, 1.54) is 19.2 Å². The molecule has 9 heteroatoms. The number of hydrogen-bond donors (Lipinski definition) is 1. The lowest BCUT2D eigenvalue weighted by atomic mass is 10.1. The number of esters is 1. The highest BCUT2D eigenvalue weighted by Gasteiger charge is 2.43. The van der Waals surface area contributed by atoms with Crippen molar-refractivity contribution in [3.05, 3.63) is 95.0 Å². The van der Waals surface area contributed by atoms with E-state index in [2.05, 4.69) is 5.32 Å². The Morgan fingerprint density at radius 3 is 2.34 bits per heavy atom. The summed E-state index contributed by atoms with van der Waals surface area (Å²) in [6, 6.07) is 21.9. The van der Waals surface area contributed by atoms with Crippen LogP contribution in [0.1, 0.15) is 22.3 Å². The molecule has 4 rings (SSSR count). The van der Waals surface area contributed by atoms with Crippen molar-refractivity contribution in [2.75, 3.05) is 17.3 Å². The number of hydrogen-bond acceptors (Lipinski definition) is 5. The number of thiocarbonyl (C=S) groups is 1. The highest BCUT2D eigenvalue weighted by Crippen LogP contribution is 2.28. The first kappa shape index (κ1) is 24.4. The van der Waals surface area contributed by atoms with Crippen LogP contribution < -0.4 is 10.2 Å². The summed E-state index contributed by atoms with van der Waals surface area (Å²) in [5.41, 5.74) is 2.35. The number of para-hydroxylation sites is 1. The Morgan fingerprint density at radius 1 is 1.06 bits per heavy atom. The maximum Gasteiger partial charge on any atom is 0.337 e. The Labute approximate surface area is 213 Å². The van der Waals surface area contributed by atoms with E-state index in [4.69, 9.17) is 28.6 Å². The zero-order valence-corrected chi connectivity index (χ0v) is 20.4. The molecule has 1 aliphatic rings. The normalized spacial score (nSPS) is 15.1. The number of nitrogens with one attached hydrogen (secondary N) is 1. The Balaban J connectivity index is 1.61. The fourth-order valence-corrected chi connectivity index (χ4v) is 4.26. The largest absolute Gasteiger partial charge is 0.465 e. The lowest BCUT2D eigenvalue weighted by Crippen LogP contribution is -2.46. The molecule has 1 atom stereocenters. The molecule has 1 N–H and O–H groups in total. The number of methoxy groups -OCH3 is 1. The van der Waals surface area contributed by atoms with Gasteiger partial charge in [0.25, 0.3) is 5.91 Å². The zero-order valence-electron chi connectivity index (χ0n) is 18.8. The maximum absolute atomic E-state index is 13.5. The van der Waals surface area contributed by atoms with Gasteiger partial charge in [-0.2, -0.15) is 0 Å². The molecule has 2 amide bonds. The number of halogens is 1. The maximum atomic E-state index is 13.5. The van der Waals surface area contributed by atoms with Gasteiger partial charge in [0, 0.05) is 17.3 Å². The van der Waals surface area contributed by atoms with E-state index in [1.807, 2.05) is 42.5 Å². The standard InChI is InChI=1S/C26H22ClN3O4S/c1-34-25(33)18-9-13-21(14-10-18)30-23(31)15-22(24(30)32)29(16-17-7-11-19(27)12-8-17)26(35)28-20-5-3-2-4-6-20/h2-14,22H,15-16H2,1H3,(H,28,35). The molecule has 1 aliphatic heterocycles. The second-order valence-electron chi connectivity index (χ2n) is 7.88. The van der Waals surface area contributed by atoms with Crippen LogP contribution in [0, 0.1) is 0 Å². The molecule has 1 unspecified atom stereocenters. The van der Waals surface area contributed by atoms with Gasteiger partial charge in [-0.1, -0.05) is 41.9 Å². The van der Waals surface area contributed by atoms with E-state index < -0.39 is 17.9 Å². The first-order valence-electron chi connectivity index (χ1n) is 10.8. The number of rotatable bonds is 6. The van der Waals surface area contributed by atoms with Gasteiger partial charge >= 0.3 is 5.97 Å². The summed E-state index contributed by atoms with van der Waals surface area (Å²) in [7, 11) is 1.29. The Kier molecular flexibility index (Phi) is 7.43. The molecule has 0 spiro atoms. The van der Waals surface area contributed by atoms with Crippen molar-refractivity contribution in [2.24, 2.45) is 0 Å². The average Bonchev–Trinajstić information content (AvgIpc) is 3.17. The van der Waals surface area contributed by atoms with Crippen LogP contribution in [0.25, 0.3) is 0 Å². The molecule has 0 aromatic heterocycles. The van der Waals surface area contributed by atoms with Gasteiger partial charge in [-0.25, -0.2) is 9.69 Å². The fraction of sp³-hybridized carbons (Fsp3) is 0.154. The quantitative estimate of drug-likeness (QED) is 0.295. The van der Waals surface area contributed by atoms with Crippen LogP contribution >= 0.6 is 23.8 Å². The second-order valence-corrected chi connectivity index (χ2v) is 8.70. The zero-order chi connectivity index (χ0) is 24.9. The number of imide groups is 1. The Hall–Kier alpha value is -3.75. The molecule has 1 heterocycles. The molecular formula is C26H22ClN3O4S. The third-order valence-corrected chi connectivity index (χ3v) is 6.19. The monoisotopic (exact) mass is 507 g/mol. The van der Waals surface area contributed by atoms with Gasteiger partial charge in [0.2, 0.25) is 5.91 Å².